The Morgan fingerprint density at radius 3 is 2.29 bits per heavy atom. The number of nitrogens with one attached hydrogen (secondary N) is 1. The Labute approximate surface area is 120 Å². The molecule has 0 aromatic heterocycles. The van der Waals surface area contributed by atoms with Crippen LogP contribution in [0.25, 0.3) is 0 Å². The Balaban J connectivity index is 2.32. The number of nitrogen functional groups attached to an aromatic ring is 1. The highest BCUT2D eigenvalue weighted by molar-refractivity contribution is 5.77. The van der Waals surface area contributed by atoms with Crippen LogP contribution < -0.4 is 15.8 Å². The van der Waals surface area contributed by atoms with E-state index in [1.165, 1.54) is 0 Å². The summed E-state index contributed by atoms with van der Waals surface area (Å²) in [4.78, 5) is 0. The molecule has 0 bridgehead atoms. The van der Waals surface area contributed by atoms with E-state index >= 15 is 0 Å². The van der Waals surface area contributed by atoms with Crippen LogP contribution in [0.4, 0.5) is 30.2 Å². The summed E-state index contributed by atoms with van der Waals surface area (Å²) in [6, 6.07) is 6.71. The molecule has 0 heterocycles. The predicted molar refractivity (Wildman–Crippen MR) is 76.2 cm³/mol. The zero-order chi connectivity index (χ0) is 15.6. The van der Waals surface area contributed by atoms with E-state index in [0.29, 0.717) is 17.1 Å². The van der Waals surface area contributed by atoms with Crippen molar-refractivity contribution in [3.05, 3.63) is 47.8 Å². The lowest BCUT2D eigenvalue weighted by molar-refractivity contribution is 0.244. The van der Waals surface area contributed by atoms with Crippen molar-refractivity contribution in [3.8, 4) is 5.75 Å². The van der Waals surface area contributed by atoms with E-state index in [1.807, 2.05) is 13.8 Å². The molecule has 2 aromatic rings. The quantitative estimate of drug-likeness (QED) is 0.656. The van der Waals surface area contributed by atoms with Crippen LogP contribution in [0.5, 0.6) is 5.75 Å². The van der Waals surface area contributed by atoms with Crippen molar-refractivity contribution >= 4 is 17.1 Å². The molecule has 6 heteroatoms. The van der Waals surface area contributed by atoms with Gasteiger partial charge in [0, 0.05) is 17.8 Å². The summed E-state index contributed by atoms with van der Waals surface area (Å²) >= 11 is 0. The molecule has 0 saturated heterocycles. The molecular formula is C15H15F3N2O. The van der Waals surface area contributed by atoms with E-state index in [-0.39, 0.29) is 11.8 Å². The van der Waals surface area contributed by atoms with Gasteiger partial charge in [-0.25, -0.2) is 13.2 Å². The average Bonchev–Trinajstić information content (AvgIpc) is 2.40. The van der Waals surface area contributed by atoms with Crippen LogP contribution in [0, 0.1) is 17.5 Å². The first-order valence-electron chi connectivity index (χ1n) is 6.35. The van der Waals surface area contributed by atoms with Crippen molar-refractivity contribution in [2.24, 2.45) is 0 Å². The standard InChI is InChI=1S/C15H15F3N2O/c1-8(2)21-13-5-3-4-12(15(13)19)20-9-6-10(16)14(18)11(17)7-9/h3-8,20H,19H2,1-2H3. The smallest absolute Gasteiger partial charge is 0.194 e. The van der Waals surface area contributed by atoms with Crippen molar-refractivity contribution in [2.75, 3.05) is 11.1 Å². The summed E-state index contributed by atoms with van der Waals surface area (Å²) in [5, 5.41) is 2.74. The Kier molecular flexibility index (Phi) is 4.26. The molecule has 3 N–H and O–H groups in total. The van der Waals surface area contributed by atoms with Crippen molar-refractivity contribution in [1.82, 2.24) is 0 Å². The Morgan fingerprint density at radius 2 is 1.71 bits per heavy atom. The highest BCUT2D eigenvalue weighted by atomic mass is 19.2. The maximum absolute atomic E-state index is 13.2. The highest BCUT2D eigenvalue weighted by Crippen LogP contribution is 2.32. The Hall–Kier alpha value is -2.37. The van der Waals surface area contributed by atoms with Crippen LogP contribution in [0.2, 0.25) is 0 Å². The number of hydrogen-bond acceptors (Lipinski definition) is 3. The molecule has 0 aliphatic carbocycles. The van der Waals surface area contributed by atoms with Crippen molar-refractivity contribution in [2.45, 2.75) is 20.0 Å². The summed E-state index contributed by atoms with van der Waals surface area (Å²) in [5.74, 6) is -3.60. The fourth-order valence-electron chi connectivity index (χ4n) is 1.79. The molecule has 0 unspecified atom stereocenters. The Morgan fingerprint density at radius 1 is 1.10 bits per heavy atom. The third-order valence-electron chi connectivity index (χ3n) is 2.69. The first-order valence-corrected chi connectivity index (χ1v) is 6.35. The number of halogens is 3. The number of ether oxygens (including phenoxy) is 1. The molecule has 2 aromatic carbocycles. The average molecular weight is 296 g/mol. The SMILES string of the molecule is CC(C)Oc1cccc(Nc2cc(F)c(F)c(F)c2)c1N. The van der Waals surface area contributed by atoms with Crippen LogP contribution in [0.1, 0.15) is 13.8 Å². The number of nitrogens with two attached hydrogens (primary N) is 1. The number of anilines is 3. The molecular weight excluding hydrogens is 281 g/mol. The van der Waals surface area contributed by atoms with Gasteiger partial charge in [-0.05, 0) is 26.0 Å². The van der Waals surface area contributed by atoms with Gasteiger partial charge in [-0.3, -0.25) is 0 Å². The minimum atomic E-state index is -1.51. The molecule has 112 valence electrons. The second-order valence-electron chi connectivity index (χ2n) is 4.76. The normalized spacial score (nSPS) is 10.8. The van der Waals surface area contributed by atoms with Crippen LogP contribution in [0.3, 0.4) is 0 Å². The largest absolute Gasteiger partial charge is 0.489 e. The lowest BCUT2D eigenvalue weighted by atomic mass is 10.2. The highest BCUT2D eigenvalue weighted by Gasteiger charge is 2.12. The van der Waals surface area contributed by atoms with Gasteiger partial charge in [-0.2, -0.15) is 0 Å². The van der Waals surface area contributed by atoms with Gasteiger partial charge in [0.25, 0.3) is 0 Å². The monoisotopic (exact) mass is 296 g/mol. The number of benzene rings is 2. The van der Waals surface area contributed by atoms with Crippen LogP contribution in [0.15, 0.2) is 30.3 Å². The first kappa shape index (κ1) is 15.0. The van der Waals surface area contributed by atoms with E-state index in [0.717, 1.165) is 12.1 Å². The van der Waals surface area contributed by atoms with Gasteiger partial charge < -0.3 is 15.8 Å². The number of para-hydroxylation sites is 1. The van der Waals surface area contributed by atoms with E-state index in [2.05, 4.69) is 5.32 Å². The topological polar surface area (TPSA) is 47.3 Å². The number of hydrogen-bond donors (Lipinski definition) is 2. The summed E-state index contributed by atoms with van der Waals surface area (Å²) < 4.78 is 44.8. The molecule has 0 fully saturated rings. The van der Waals surface area contributed by atoms with Gasteiger partial charge in [0.15, 0.2) is 17.5 Å². The minimum absolute atomic E-state index is 0.0554. The second kappa shape index (κ2) is 5.95. The van der Waals surface area contributed by atoms with Gasteiger partial charge in [0.1, 0.15) is 5.75 Å². The minimum Gasteiger partial charge on any atom is -0.489 e. The summed E-state index contributed by atoms with van der Waals surface area (Å²) in [6.07, 6.45) is -0.0664. The molecule has 0 amide bonds. The van der Waals surface area contributed by atoms with Crippen LogP contribution in [-0.2, 0) is 0 Å². The maximum atomic E-state index is 13.2. The third kappa shape index (κ3) is 3.39. The molecule has 0 radical (unpaired) electrons. The van der Waals surface area contributed by atoms with Gasteiger partial charge in [-0.15, -0.1) is 0 Å². The van der Waals surface area contributed by atoms with Gasteiger partial charge in [-0.1, -0.05) is 6.07 Å². The molecule has 21 heavy (non-hydrogen) atoms. The van der Waals surface area contributed by atoms with Crippen LogP contribution in [-0.4, -0.2) is 6.10 Å². The van der Waals surface area contributed by atoms with Gasteiger partial charge in [0.2, 0.25) is 0 Å². The van der Waals surface area contributed by atoms with Gasteiger partial charge >= 0.3 is 0 Å². The molecule has 0 saturated carbocycles. The van der Waals surface area contributed by atoms with E-state index < -0.39 is 17.5 Å². The van der Waals surface area contributed by atoms with Crippen molar-refractivity contribution in [3.63, 3.8) is 0 Å². The summed E-state index contributed by atoms with van der Waals surface area (Å²) in [7, 11) is 0. The fraction of sp³-hybridized carbons (Fsp3) is 0.200. The molecule has 2 rings (SSSR count). The van der Waals surface area contributed by atoms with E-state index in [1.54, 1.807) is 18.2 Å². The van der Waals surface area contributed by atoms with Gasteiger partial charge in [0.05, 0.1) is 17.5 Å². The first-order chi connectivity index (χ1) is 9.88. The lowest BCUT2D eigenvalue weighted by Gasteiger charge is -2.16. The lowest BCUT2D eigenvalue weighted by Crippen LogP contribution is -2.08. The molecule has 0 spiro atoms. The molecule has 0 aliphatic rings. The van der Waals surface area contributed by atoms with Crippen molar-refractivity contribution < 1.29 is 17.9 Å². The third-order valence-corrected chi connectivity index (χ3v) is 2.69. The maximum Gasteiger partial charge on any atom is 0.194 e. The second-order valence-corrected chi connectivity index (χ2v) is 4.76. The predicted octanol–water partition coefficient (Wildman–Crippen LogP) is 4.22. The zero-order valence-corrected chi connectivity index (χ0v) is 11.6. The fourth-order valence-corrected chi connectivity index (χ4v) is 1.79. The summed E-state index contributed by atoms with van der Waals surface area (Å²) in [5.41, 5.74) is 6.71. The summed E-state index contributed by atoms with van der Waals surface area (Å²) in [6.45, 7) is 3.70. The Bertz CT molecular complexity index is 636. The molecule has 3 nitrogen and oxygen atoms in total. The van der Waals surface area contributed by atoms with E-state index in [4.69, 9.17) is 10.5 Å². The van der Waals surface area contributed by atoms with E-state index in [9.17, 15) is 13.2 Å². The zero-order valence-electron chi connectivity index (χ0n) is 11.6. The molecule has 0 atom stereocenters. The number of rotatable bonds is 4. The van der Waals surface area contributed by atoms with Crippen molar-refractivity contribution in [1.29, 1.82) is 0 Å². The molecule has 0 aliphatic heterocycles. The van der Waals surface area contributed by atoms with Crippen LogP contribution >= 0.6 is 0 Å².